The lowest BCUT2D eigenvalue weighted by molar-refractivity contribution is 0.0925. The fourth-order valence-corrected chi connectivity index (χ4v) is 4.78. The van der Waals surface area contributed by atoms with Crippen LogP contribution in [0.4, 0.5) is 4.39 Å². The first kappa shape index (κ1) is 24.6. The molecule has 8 heteroatoms. The van der Waals surface area contributed by atoms with Gasteiger partial charge in [-0.05, 0) is 53.3 Å². The minimum atomic E-state index is -0.502. The topological polar surface area (TPSA) is 89.3 Å². The number of benzene rings is 2. The van der Waals surface area contributed by atoms with Gasteiger partial charge in [-0.2, -0.15) is 5.10 Å². The number of aliphatic hydroxyl groups is 1. The highest BCUT2D eigenvalue weighted by Gasteiger charge is 2.29. The fraction of sp³-hybridized carbons (Fsp3) is 0.276. The van der Waals surface area contributed by atoms with Crippen LogP contribution in [0, 0.1) is 5.82 Å². The van der Waals surface area contributed by atoms with E-state index in [1.165, 1.54) is 11.6 Å². The normalized spacial score (nSPS) is 12.9. The second-order valence-electron chi connectivity index (χ2n) is 9.38. The number of hydrogen-bond donors (Lipinski definition) is 2. The molecule has 1 amide bonds. The van der Waals surface area contributed by atoms with Gasteiger partial charge in [-0.1, -0.05) is 32.0 Å². The monoisotopic (exact) mass is 500 g/mol. The quantitative estimate of drug-likeness (QED) is 0.365. The van der Waals surface area contributed by atoms with E-state index in [2.05, 4.69) is 35.3 Å². The van der Waals surface area contributed by atoms with Crippen molar-refractivity contribution in [1.29, 1.82) is 0 Å². The highest BCUT2D eigenvalue weighted by molar-refractivity contribution is 6.03. The van der Waals surface area contributed by atoms with Crippen molar-refractivity contribution in [2.24, 2.45) is 0 Å². The molecule has 0 spiro atoms. The summed E-state index contributed by atoms with van der Waals surface area (Å²) in [4.78, 5) is 16.8. The number of aliphatic hydroxyl groups excluding tert-OH is 1. The summed E-state index contributed by atoms with van der Waals surface area (Å²) in [6.07, 6.45) is 3.86. The second-order valence-corrected chi connectivity index (χ2v) is 9.38. The Kier molecular flexibility index (Phi) is 7.01. The van der Waals surface area contributed by atoms with Crippen molar-refractivity contribution >= 4 is 5.91 Å². The first-order valence-corrected chi connectivity index (χ1v) is 12.4. The predicted octanol–water partition coefficient (Wildman–Crippen LogP) is 4.73. The molecule has 0 bridgehead atoms. The Hall–Kier alpha value is -4.04. The maximum Gasteiger partial charge on any atom is 0.270 e. The van der Waals surface area contributed by atoms with Crippen molar-refractivity contribution in [2.75, 3.05) is 13.2 Å². The van der Waals surface area contributed by atoms with Crippen molar-refractivity contribution in [2.45, 2.75) is 39.3 Å². The van der Waals surface area contributed by atoms with Crippen LogP contribution in [-0.2, 0) is 19.6 Å². The van der Waals surface area contributed by atoms with Crippen LogP contribution in [0.1, 0.15) is 46.9 Å². The highest BCUT2D eigenvalue weighted by atomic mass is 19.1. The van der Waals surface area contributed by atoms with Crippen LogP contribution in [0.15, 0.2) is 60.9 Å². The zero-order chi connectivity index (χ0) is 25.9. The predicted molar refractivity (Wildman–Crippen MR) is 139 cm³/mol. The Morgan fingerprint density at radius 3 is 2.68 bits per heavy atom. The average Bonchev–Trinajstić information content (AvgIpc) is 3.29. The van der Waals surface area contributed by atoms with Crippen molar-refractivity contribution in [1.82, 2.24) is 20.1 Å². The van der Waals surface area contributed by atoms with Crippen molar-refractivity contribution in [3.05, 3.63) is 89.1 Å². The van der Waals surface area contributed by atoms with Gasteiger partial charge in [-0.15, -0.1) is 0 Å². The summed E-state index contributed by atoms with van der Waals surface area (Å²) in [5.41, 5.74) is 5.59. The first-order valence-electron chi connectivity index (χ1n) is 12.4. The van der Waals surface area contributed by atoms with Gasteiger partial charge in [0, 0.05) is 48.3 Å². The minimum absolute atomic E-state index is 0.0782. The number of aromatic nitrogens is 3. The third kappa shape index (κ3) is 4.97. The molecule has 190 valence electrons. The van der Waals surface area contributed by atoms with E-state index in [0.29, 0.717) is 48.1 Å². The number of carbonyl (C=O) groups is 1. The Bertz CT molecular complexity index is 1430. The maximum absolute atomic E-state index is 15.5. The van der Waals surface area contributed by atoms with E-state index >= 15 is 4.39 Å². The number of hydrogen-bond acceptors (Lipinski definition) is 5. The summed E-state index contributed by atoms with van der Waals surface area (Å²) >= 11 is 0. The van der Waals surface area contributed by atoms with Gasteiger partial charge in [-0.3, -0.25) is 14.5 Å². The van der Waals surface area contributed by atoms with Crippen LogP contribution in [-0.4, -0.2) is 38.9 Å². The average molecular weight is 501 g/mol. The summed E-state index contributed by atoms with van der Waals surface area (Å²) in [5.74, 6) is -0.0453. The molecule has 2 aromatic carbocycles. The van der Waals surface area contributed by atoms with E-state index in [1.807, 2.05) is 12.1 Å². The number of nitrogens with one attached hydrogen (secondary N) is 1. The number of pyridine rings is 1. The number of nitrogens with zero attached hydrogens (tertiary/aromatic N) is 3. The molecule has 4 aromatic rings. The molecule has 0 unspecified atom stereocenters. The molecule has 2 N–H and O–H groups in total. The van der Waals surface area contributed by atoms with E-state index in [4.69, 9.17) is 4.74 Å². The lowest BCUT2D eigenvalue weighted by atomic mass is 9.94. The van der Waals surface area contributed by atoms with E-state index in [-0.39, 0.29) is 24.7 Å². The van der Waals surface area contributed by atoms with Gasteiger partial charge >= 0.3 is 0 Å². The van der Waals surface area contributed by atoms with E-state index in [9.17, 15) is 9.90 Å². The summed E-state index contributed by atoms with van der Waals surface area (Å²) in [5, 5.41) is 16.9. The molecule has 1 aliphatic rings. The summed E-state index contributed by atoms with van der Waals surface area (Å²) in [6, 6.07) is 14.4. The molecule has 3 heterocycles. The molecule has 1 aliphatic heterocycles. The fourth-order valence-electron chi connectivity index (χ4n) is 4.78. The van der Waals surface area contributed by atoms with Gasteiger partial charge in [0.2, 0.25) is 0 Å². The maximum atomic E-state index is 15.5. The summed E-state index contributed by atoms with van der Waals surface area (Å²) < 4.78 is 23.1. The van der Waals surface area contributed by atoms with Crippen molar-refractivity contribution in [3.63, 3.8) is 0 Å². The lowest BCUT2D eigenvalue weighted by Gasteiger charge is -2.16. The number of ether oxygens (including phenoxy) is 1. The van der Waals surface area contributed by atoms with Gasteiger partial charge in [0.05, 0.1) is 6.54 Å². The molecule has 0 saturated heterocycles. The van der Waals surface area contributed by atoms with Crippen LogP contribution >= 0.6 is 0 Å². The van der Waals surface area contributed by atoms with Crippen LogP contribution in [0.5, 0.6) is 5.75 Å². The zero-order valence-electron chi connectivity index (χ0n) is 20.9. The van der Waals surface area contributed by atoms with E-state index < -0.39 is 5.82 Å². The molecule has 0 atom stereocenters. The van der Waals surface area contributed by atoms with Crippen molar-refractivity contribution < 1.29 is 19.0 Å². The number of halogens is 1. The Balaban J connectivity index is 1.45. The minimum Gasteiger partial charge on any atom is -0.489 e. The number of carbonyl (C=O) groups excluding carboxylic acids is 1. The van der Waals surface area contributed by atoms with Gasteiger partial charge in [0.15, 0.2) is 0 Å². The Morgan fingerprint density at radius 2 is 1.95 bits per heavy atom. The number of fused-ring (bicyclic) bond motifs is 1. The highest BCUT2D eigenvalue weighted by Crippen LogP contribution is 2.37. The molecule has 2 aromatic heterocycles. The largest absolute Gasteiger partial charge is 0.489 e. The van der Waals surface area contributed by atoms with Gasteiger partial charge in [0.25, 0.3) is 5.91 Å². The zero-order valence-corrected chi connectivity index (χ0v) is 20.9. The van der Waals surface area contributed by atoms with E-state index in [0.717, 1.165) is 16.7 Å². The molecule has 7 nitrogen and oxygen atoms in total. The molecule has 37 heavy (non-hydrogen) atoms. The Labute approximate surface area is 214 Å². The SMILES string of the molecule is CC(C)c1ccc(COc2ccc(-c3c(-c4ccncc4)nn4c3C(=O)NCC4)c(F)c2)cc1CCO. The van der Waals surface area contributed by atoms with E-state index in [1.54, 1.807) is 41.3 Å². The molecule has 0 radical (unpaired) electrons. The lowest BCUT2D eigenvalue weighted by Crippen LogP contribution is -2.35. The smallest absolute Gasteiger partial charge is 0.270 e. The third-order valence-electron chi connectivity index (χ3n) is 6.56. The van der Waals surface area contributed by atoms with Crippen LogP contribution in [0.25, 0.3) is 22.4 Å². The second kappa shape index (κ2) is 10.5. The van der Waals surface area contributed by atoms with Crippen LogP contribution in [0.2, 0.25) is 0 Å². The van der Waals surface area contributed by atoms with Crippen LogP contribution in [0.3, 0.4) is 0 Å². The first-order chi connectivity index (χ1) is 18.0. The standard InChI is InChI=1S/C29H29FN4O3/c1-18(2)23-5-3-19(15-21(23)9-14-35)17-37-22-4-6-24(25(30)16-22)26-27(20-7-10-31-11-8-20)33-34-13-12-32-29(36)28(26)34/h3-8,10-11,15-16,18,35H,9,12-14,17H2,1-2H3,(H,32,36). The van der Waals surface area contributed by atoms with Gasteiger partial charge in [-0.25, -0.2) is 4.39 Å². The molecule has 0 saturated carbocycles. The molecular weight excluding hydrogens is 471 g/mol. The number of amides is 1. The summed E-state index contributed by atoms with van der Waals surface area (Å²) in [7, 11) is 0. The molecule has 0 fully saturated rings. The summed E-state index contributed by atoms with van der Waals surface area (Å²) in [6.45, 7) is 5.57. The Morgan fingerprint density at radius 1 is 1.14 bits per heavy atom. The van der Waals surface area contributed by atoms with Crippen molar-refractivity contribution in [3.8, 4) is 28.1 Å². The third-order valence-corrected chi connectivity index (χ3v) is 6.56. The van der Waals surface area contributed by atoms with Gasteiger partial charge < -0.3 is 15.2 Å². The molecule has 5 rings (SSSR count). The molecule has 0 aliphatic carbocycles. The molecular formula is C29H29FN4O3. The van der Waals surface area contributed by atoms with Gasteiger partial charge in [0.1, 0.15) is 29.6 Å². The van der Waals surface area contributed by atoms with Crippen LogP contribution < -0.4 is 10.1 Å². The number of rotatable bonds is 8.